The second-order valence-electron chi connectivity index (χ2n) is 6.22. The summed E-state index contributed by atoms with van der Waals surface area (Å²) in [5, 5.41) is 14.0. The maximum absolute atomic E-state index is 12.1. The van der Waals surface area contributed by atoms with E-state index in [4.69, 9.17) is 0 Å². The maximum Gasteiger partial charge on any atom is 0.310 e. The molecule has 0 aromatic heterocycles. The molecule has 2 aromatic carbocycles. The third-order valence-corrected chi connectivity index (χ3v) is 4.83. The van der Waals surface area contributed by atoms with E-state index >= 15 is 0 Å². The summed E-state index contributed by atoms with van der Waals surface area (Å²) in [5.41, 5.74) is 3.24. The van der Waals surface area contributed by atoms with Gasteiger partial charge in [0.2, 0.25) is 0 Å². The number of rotatable bonds is 3. The van der Waals surface area contributed by atoms with Gasteiger partial charge < -0.3 is 5.11 Å². The van der Waals surface area contributed by atoms with Crippen LogP contribution in [0.1, 0.15) is 28.8 Å². The quantitative estimate of drug-likeness (QED) is 0.945. The molecule has 0 bridgehead atoms. The van der Waals surface area contributed by atoms with Crippen LogP contribution in [-0.2, 0) is 4.79 Å². The zero-order valence-corrected chi connectivity index (χ0v) is 13.7. The Morgan fingerprint density at radius 1 is 0.870 bits per heavy atom. The highest BCUT2D eigenvalue weighted by Crippen LogP contribution is 2.47. The predicted molar refractivity (Wildman–Crippen MR) is 89.8 cm³/mol. The molecule has 0 amide bonds. The molecule has 1 aliphatic rings. The van der Waals surface area contributed by atoms with E-state index in [0.717, 1.165) is 11.1 Å². The van der Waals surface area contributed by atoms with Crippen LogP contribution in [0.3, 0.4) is 0 Å². The minimum atomic E-state index is -0.763. The van der Waals surface area contributed by atoms with Crippen molar-refractivity contribution in [2.75, 3.05) is 14.1 Å². The summed E-state index contributed by atoms with van der Waals surface area (Å²) < 4.78 is 0. The number of carboxylic acid groups (broad SMARTS) is 1. The Hall–Kier alpha value is -2.17. The lowest BCUT2D eigenvalue weighted by molar-refractivity contribution is -0.143. The molecule has 0 aliphatic carbocycles. The first-order valence-electron chi connectivity index (χ1n) is 7.80. The van der Waals surface area contributed by atoms with Gasteiger partial charge >= 0.3 is 5.97 Å². The van der Waals surface area contributed by atoms with Gasteiger partial charge in [-0.1, -0.05) is 60.2 Å². The highest BCUT2D eigenvalue weighted by Gasteiger charge is 2.49. The molecule has 0 radical (unpaired) electrons. The molecule has 2 aromatic rings. The van der Waals surface area contributed by atoms with Crippen molar-refractivity contribution in [1.29, 1.82) is 0 Å². The van der Waals surface area contributed by atoms with E-state index in [1.165, 1.54) is 5.56 Å². The minimum absolute atomic E-state index is 0.176. The van der Waals surface area contributed by atoms with Crippen LogP contribution in [0, 0.1) is 12.8 Å². The lowest BCUT2D eigenvalue weighted by atomic mass is 9.85. The molecule has 4 heteroatoms. The summed E-state index contributed by atoms with van der Waals surface area (Å²) in [6.45, 7) is 2.04. The fourth-order valence-electron chi connectivity index (χ4n) is 3.56. The normalized spacial score (nSPS) is 25.6. The van der Waals surface area contributed by atoms with E-state index < -0.39 is 11.9 Å². The number of carboxylic acids is 1. The molecule has 0 spiro atoms. The molecule has 1 fully saturated rings. The van der Waals surface area contributed by atoms with Gasteiger partial charge in [-0.25, -0.2) is 10.0 Å². The average Bonchev–Trinajstić information content (AvgIpc) is 2.81. The summed E-state index contributed by atoms with van der Waals surface area (Å²) in [7, 11) is 3.92. The molecule has 1 aliphatic heterocycles. The number of nitrogens with zero attached hydrogens (tertiary/aromatic N) is 2. The van der Waals surface area contributed by atoms with Crippen LogP contribution >= 0.6 is 0 Å². The molecule has 1 saturated heterocycles. The average molecular weight is 310 g/mol. The third kappa shape index (κ3) is 2.76. The molecule has 3 rings (SSSR count). The first-order valence-corrected chi connectivity index (χ1v) is 7.80. The first-order chi connectivity index (χ1) is 11.0. The Kier molecular flexibility index (Phi) is 4.20. The van der Waals surface area contributed by atoms with Crippen LogP contribution in [0.4, 0.5) is 0 Å². The molecule has 1 N–H and O–H groups in total. The molecular formula is C19H22N2O2. The third-order valence-electron chi connectivity index (χ3n) is 4.83. The molecule has 1 heterocycles. The van der Waals surface area contributed by atoms with Gasteiger partial charge in [0.15, 0.2) is 0 Å². The largest absolute Gasteiger partial charge is 0.481 e. The zero-order valence-electron chi connectivity index (χ0n) is 13.7. The number of carbonyl (C=O) groups is 1. The summed E-state index contributed by atoms with van der Waals surface area (Å²) in [5.74, 6) is -1.28. The van der Waals surface area contributed by atoms with Crippen molar-refractivity contribution >= 4 is 5.97 Å². The first kappa shape index (κ1) is 15.7. The lowest BCUT2D eigenvalue weighted by Crippen LogP contribution is -2.32. The van der Waals surface area contributed by atoms with E-state index in [2.05, 4.69) is 0 Å². The van der Waals surface area contributed by atoms with Crippen LogP contribution in [0.2, 0.25) is 0 Å². The van der Waals surface area contributed by atoms with E-state index in [9.17, 15) is 9.90 Å². The highest BCUT2D eigenvalue weighted by atomic mass is 16.4. The fourth-order valence-corrected chi connectivity index (χ4v) is 3.56. The topological polar surface area (TPSA) is 43.8 Å². The highest BCUT2D eigenvalue weighted by molar-refractivity contribution is 5.73. The zero-order chi connectivity index (χ0) is 16.6. The van der Waals surface area contributed by atoms with Crippen molar-refractivity contribution in [3.63, 3.8) is 0 Å². The van der Waals surface area contributed by atoms with Crippen molar-refractivity contribution in [3.8, 4) is 0 Å². The van der Waals surface area contributed by atoms with Gasteiger partial charge in [-0.3, -0.25) is 4.79 Å². The predicted octanol–water partition coefficient (Wildman–Crippen LogP) is 3.27. The van der Waals surface area contributed by atoms with Crippen molar-refractivity contribution < 1.29 is 9.90 Å². The van der Waals surface area contributed by atoms with E-state index in [-0.39, 0.29) is 12.1 Å². The van der Waals surface area contributed by atoms with Crippen LogP contribution in [0.5, 0.6) is 0 Å². The fraction of sp³-hybridized carbons (Fsp3) is 0.316. The molecule has 0 unspecified atom stereocenters. The standard InChI is InChI=1S/C19H22N2O2/c1-13-9-11-15(12-10-13)18-16(19(22)23)17(20(2)21(18)3)14-7-5-4-6-8-14/h4-12,16-18H,1-3H3,(H,22,23)/t16-,17-,18-/m1/s1. The van der Waals surface area contributed by atoms with Crippen LogP contribution < -0.4 is 0 Å². The Morgan fingerprint density at radius 2 is 1.35 bits per heavy atom. The Bertz CT molecular complexity index is 684. The summed E-state index contributed by atoms with van der Waals surface area (Å²) in [4.78, 5) is 12.1. The summed E-state index contributed by atoms with van der Waals surface area (Å²) >= 11 is 0. The van der Waals surface area contributed by atoms with Gasteiger partial charge in [0, 0.05) is 14.1 Å². The van der Waals surface area contributed by atoms with Gasteiger partial charge in [0.05, 0.1) is 18.0 Å². The summed E-state index contributed by atoms with van der Waals surface area (Å²) in [6, 6.07) is 17.7. The molecule has 4 nitrogen and oxygen atoms in total. The number of hydrazine groups is 1. The Morgan fingerprint density at radius 3 is 1.83 bits per heavy atom. The van der Waals surface area contributed by atoms with E-state index in [1.807, 2.05) is 85.6 Å². The molecule has 3 atom stereocenters. The monoisotopic (exact) mass is 310 g/mol. The van der Waals surface area contributed by atoms with Crippen molar-refractivity contribution in [2.45, 2.75) is 19.0 Å². The van der Waals surface area contributed by atoms with Crippen LogP contribution in [0.15, 0.2) is 54.6 Å². The van der Waals surface area contributed by atoms with Gasteiger partial charge in [-0.15, -0.1) is 0 Å². The number of hydrogen-bond acceptors (Lipinski definition) is 3. The number of aryl methyl sites for hydroxylation is 1. The van der Waals surface area contributed by atoms with Gasteiger partial charge in [0.1, 0.15) is 0 Å². The van der Waals surface area contributed by atoms with Crippen molar-refractivity contribution in [2.24, 2.45) is 5.92 Å². The molecule has 23 heavy (non-hydrogen) atoms. The van der Waals surface area contributed by atoms with Crippen molar-refractivity contribution in [3.05, 3.63) is 71.3 Å². The van der Waals surface area contributed by atoms with Crippen LogP contribution in [-0.4, -0.2) is 35.2 Å². The SMILES string of the molecule is Cc1ccc([C@@H]2[C@H](C(=O)O)[C@@H](c3ccccc3)N(C)N2C)cc1. The number of aliphatic carboxylic acids is 1. The Balaban J connectivity index is 2.06. The molecular weight excluding hydrogens is 288 g/mol. The van der Waals surface area contributed by atoms with Gasteiger partial charge in [-0.2, -0.15) is 0 Å². The van der Waals surface area contributed by atoms with Gasteiger partial charge in [-0.05, 0) is 18.1 Å². The van der Waals surface area contributed by atoms with Crippen molar-refractivity contribution in [1.82, 2.24) is 10.0 Å². The van der Waals surface area contributed by atoms with E-state index in [0.29, 0.717) is 0 Å². The molecule has 120 valence electrons. The smallest absolute Gasteiger partial charge is 0.310 e. The minimum Gasteiger partial charge on any atom is -0.481 e. The number of benzene rings is 2. The second kappa shape index (κ2) is 6.14. The second-order valence-corrected chi connectivity index (χ2v) is 6.22. The maximum atomic E-state index is 12.1. The van der Waals surface area contributed by atoms with Gasteiger partial charge in [0.25, 0.3) is 0 Å². The lowest BCUT2D eigenvalue weighted by Gasteiger charge is -2.27. The Labute approximate surface area is 136 Å². The van der Waals surface area contributed by atoms with Crippen LogP contribution in [0.25, 0.3) is 0 Å². The summed E-state index contributed by atoms with van der Waals surface area (Å²) in [6.07, 6.45) is 0. The molecule has 0 saturated carbocycles. The van der Waals surface area contributed by atoms with E-state index in [1.54, 1.807) is 0 Å². The number of hydrogen-bond donors (Lipinski definition) is 1.